The van der Waals surface area contributed by atoms with Crippen LogP contribution in [0.2, 0.25) is 10.0 Å². The maximum Gasteiger partial charge on any atom is 0.420 e. The molecule has 0 radical (unpaired) electrons. The quantitative estimate of drug-likeness (QED) is 0.635. The Labute approximate surface area is 163 Å². The molecule has 0 aromatic heterocycles. The number of nitrogens with zero attached hydrogens (tertiary/aromatic N) is 1. The van der Waals surface area contributed by atoms with Gasteiger partial charge in [-0.3, -0.25) is 4.79 Å². The molecule has 0 bridgehead atoms. The van der Waals surface area contributed by atoms with E-state index < -0.39 is 35.7 Å². The monoisotopic (exact) mass is 403 g/mol. The molecule has 0 unspecified atom stereocenters. The van der Waals surface area contributed by atoms with Crippen LogP contribution in [0.25, 0.3) is 0 Å². The highest BCUT2D eigenvalue weighted by molar-refractivity contribution is 6.36. The zero-order valence-corrected chi connectivity index (χ0v) is 17.2. The number of imide groups is 1. The standard InChI is InChI=1S/C18H23Cl2NO5/c1-17(2,3)25-15(23)21(16(24)26-18(4,5)6)10-14(22)12-9-11(19)7-8-13(12)20/h7-9H,10H2,1-6H3. The Kier molecular flexibility index (Phi) is 7.08. The fourth-order valence-electron chi connectivity index (χ4n) is 1.78. The van der Waals surface area contributed by atoms with Crippen LogP contribution in [-0.4, -0.2) is 40.6 Å². The Balaban J connectivity index is 3.11. The molecule has 0 aliphatic heterocycles. The predicted molar refractivity (Wildman–Crippen MR) is 100.0 cm³/mol. The summed E-state index contributed by atoms with van der Waals surface area (Å²) in [5.41, 5.74) is -1.61. The summed E-state index contributed by atoms with van der Waals surface area (Å²) >= 11 is 11.9. The molecule has 0 heterocycles. The molecule has 0 aliphatic carbocycles. The second-order valence-electron chi connectivity index (χ2n) is 7.59. The number of carbonyl (C=O) groups excluding carboxylic acids is 3. The average Bonchev–Trinajstić information content (AvgIpc) is 2.43. The van der Waals surface area contributed by atoms with Gasteiger partial charge in [0.2, 0.25) is 0 Å². The van der Waals surface area contributed by atoms with Crippen molar-refractivity contribution in [3.8, 4) is 0 Å². The average molecular weight is 404 g/mol. The molecule has 1 aromatic rings. The minimum absolute atomic E-state index is 0.0938. The number of amides is 2. The second kappa shape index (κ2) is 8.27. The van der Waals surface area contributed by atoms with Gasteiger partial charge in [-0.2, -0.15) is 0 Å². The van der Waals surface area contributed by atoms with Crippen LogP contribution < -0.4 is 0 Å². The summed E-state index contributed by atoms with van der Waals surface area (Å²) in [6, 6.07) is 4.36. The SMILES string of the molecule is CC(C)(C)OC(=O)N(CC(=O)c1cc(Cl)ccc1Cl)C(=O)OC(C)(C)C. The van der Waals surface area contributed by atoms with Crippen molar-refractivity contribution >= 4 is 41.2 Å². The number of hydrogen-bond donors (Lipinski definition) is 0. The number of ketones is 1. The van der Waals surface area contributed by atoms with Gasteiger partial charge in [0.15, 0.2) is 5.78 Å². The molecule has 1 aromatic carbocycles. The molecule has 2 amide bonds. The lowest BCUT2D eigenvalue weighted by Gasteiger charge is -2.28. The van der Waals surface area contributed by atoms with Crippen LogP contribution in [0.5, 0.6) is 0 Å². The molecule has 26 heavy (non-hydrogen) atoms. The van der Waals surface area contributed by atoms with Crippen molar-refractivity contribution in [3.63, 3.8) is 0 Å². The third kappa shape index (κ3) is 7.22. The number of ether oxygens (including phenoxy) is 2. The lowest BCUT2D eigenvalue weighted by molar-refractivity contribution is 0.00188. The molecule has 0 saturated heterocycles. The van der Waals surface area contributed by atoms with Gasteiger partial charge in [-0.15, -0.1) is 0 Å². The number of rotatable bonds is 3. The molecular formula is C18H23Cl2NO5. The summed E-state index contributed by atoms with van der Waals surface area (Å²) in [4.78, 5) is 38.0. The molecule has 6 nitrogen and oxygen atoms in total. The van der Waals surface area contributed by atoms with E-state index >= 15 is 0 Å². The highest BCUT2D eigenvalue weighted by Crippen LogP contribution is 2.22. The smallest absolute Gasteiger partial charge is 0.420 e. The van der Waals surface area contributed by atoms with E-state index in [9.17, 15) is 14.4 Å². The van der Waals surface area contributed by atoms with Gasteiger partial charge in [-0.25, -0.2) is 14.5 Å². The third-order valence-corrected chi connectivity index (χ3v) is 3.32. The summed E-state index contributed by atoms with van der Waals surface area (Å²) in [6.07, 6.45) is -1.98. The van der Waals surface area contributed by atoms with E-state index in [0.29, 0.717) is 9.92 Å². The summed E-state index contributed by atoms with van der Waals surface area (Å²) in [5, 5.41) is 0.464. The van der Waals surface area contributed by atoms with Crippen LogP contribution in [-0.2, 0) is 9.47 Å². The Morgan fingerprint density at radius 1 is 0.923 bits per heavy atom. The minimum atomic E-state index is -0.988. The molecule has 0 saturated carbocycles. The van der Waals surface area contributed by atoms with Crippen molar-refractivity contribution in [2.45, 2.75) is 52.7 Å². The van der Waals surface area contributed by atoms with Crippen molar-refractivity contribution in [1.29, 1.82) is 0 Å². The summed E-state index contributed by atoms with van der Waals surface area (Å²) < 4.78 is 10.4. The van der Waals surface area contributed by atoms with Gasteiger partial charge < -0.3 is 9.47 Å². The predicted octanol–water partition coefficient (Wildman–Crippen LogP) is 5.35. The molecule has 1 rings (SSSR count). The largest absolute Gasteiger partial charge is 0.443 e. The van der Waals surface area contributed by atoms with E-state index in [1.165, 1.54) is 18.2 Å². The highest BCUT2D eigenvalue weighted by Gasteiger charge is 2.33. The zero-order chi connectivity index (χ0) is 20.3. The summed E-state index contributed by atoms with van der Waals surface area (Å²) in [6.45, 7) is 9.29. The molecule has 144 valence electrons. The molecule has 0 spiro atoms. The Hall–Kier alpha value is -1.79. The minimum Gasteiger partial charge on any atom is -0.443 e. The normalized spacial score (nSPS) is 11.7. The molecule has 0 N–H and O–H groups in total. The fourth-order valence-corrected chi connectivity index (χ4v) is 2.17. The van der Waals surface area contributed by atoms with Gasteiger partial charge in [0.05, 0.1) is 11.6 Å². The van der Waals surface area contributed by atoms with Crippen LogP contribution in [0, 0.1) is 0 Å². The molecule has 0 fully saturated rings. The van der Waals surface area contributed by atoms with Crippen LogP contribution >= 0.6 is 23.2 Å². The van der Waals surface area contributed by atoms with Gasteiger partial charge in [0, 0.05) is 10.6 Å². The Bertz CT molecular complexity index is 677. The van der Waals surface area contributed by atoms with Crippen molar-refractivity contribution in [2.24, 2.45) is 0 Å². The van der Waals surface area contributed by atoms with Crippen LogP contribution in [0.3, 0.4) is 0 Å². The maximum atomic E-state index is 12.6. The van der Waals surface area contributed by atoms with E-state index in [0.717, 1.165) is 0 Å². The molecule has 8 heteroatoms. The zero-order valence-electron chi connectivity index (χ0n) is 15.7. The summed E-state index contributed by atoms with van der Waals surface area (Å²) in [5.74, 6) is -0.575. The van der Waals surface area contributed by atoms with Gasteiger partial charge in [-0.1, -0.05) is 23.2 Å². The molecule has 0 atom stereocenters. The van der Waals surface area contributed by atoms with Crippen LogP contribution in [0.1, 0.15) is 51.9 Å². The first-order valence-corrected chi connectivity index (χ1v) is 8.67. The number of benzene rings is 1. The van der Waals surface area contributed by atoms with Crippen molar-refractivity contribution < 1.29 is 23.9 Å². The topological polar surface area (TPSA) is 72.9 Å². The number of Topliss-reactive ketones (excluding diaryl/α,β-unsaturated/α-hetero) is 1. The van der Waals surface area contributed by atoms with E-state index in [1.54, 1.807) is 41.5 Å². The van der Waals surface area contributed by atoms with Crippen molar-refractivity contribution in [3.05, 3.63) is 33.8 Å². The van der Waals surface area contributed by atoms with Gasteiger partial charge >= 0.3 is 12.2 Å². The van der Waals surface area contributed by atoms with E-state index in [-0.39, 0.29) is 10.6 Å². The maximum absolute atomic E-state index is 12.6. The second-order valence-corrected chi connectivity index (χ2v) is 8.44. The van der Waals surface area contributed by atoms with Crippen molar-refractivity contribution in [1.82, 2.24) is 4.90 Å². The van der Waals surface area contributed by atoms with Crippen LogP contribution in [0.4, 0.5) is 9.59 Å². The van der Waals surface area contributed by atoms with Crippen molar-refractivity contribution in [2.75, 3.05) is 6.54 Å². The Morgan fingerprint density at radius 3 is 1.81 bits per heavy atom. The summed E-state index contributed by atoms with van der Waals surface area (Å²) in [7, 11) is 0. The first-order chi connectivity index (χ1) is 11.7. The van der Waals surface area contributed by atoms with Crippen LogP contribution in [0.15, 0.2) is 18.2 Å². The molecular weight excluding hydrogens is 381 g/mol. The van der Waals surface area contributed by atoms with E-state index in [4.69, 9.17) is 32.7 Å². The first kappa shape index (κ1) is 22.3. The fraction of sp³-hybridized carbons (Fsp3) is 0.500. The van der Waals surface area contributed by atoms with E-state index in [1.807, 2.05) is 0 Å². The number of halogens is 2. The Morgan fingerprint density at radius 2 is 1.38 bits per heavy atom. The number of carbonyl (C=O) groups is 3. The van der Waals surface area contributed by atoms with E-state index in [2.05, 4.69) is 0 Å². The lowest BCUT2D eigenvalue weighted by Crippen LogP contribution is -2.45. The number of hydrogen-bond acceptors (Lipinski definition) is 5. The third-order valence-electron chi connectivity index (χ3n) is 2.76. The van der Waals surface area contributed by atoms with Gasteiger partial charge in [0.25, 0.3) is 0 Å². The lowest BCUT2D eigenvalue weighted by atomic mass is 10.1. The van der Waals surface area contributed by atoms with Gasteiger partial charge in [0.1, 0.15) is 11.2 Å². The molecule has 0 aliphatic rings. The first-order valence-electron chi connectivity index (χ1n) is 7.91. The van der Waals surface area contributed by atoms with Gasteiger partial charge in [-0.05, 0) is 59.7 Å². The highest BCUT2D eigenvalue weighted by atomic mass is 35.5.